The van der Waals surface area contributed by atoms with Gasteiger partial charge in [-0.3, -0.25) is 4.40 Å². The normalized spacial score (nSPS) is 17.6. The second kappa shape index (κ2) is 7.47. The Morgan fingerprint density at radius 1 is 1.28 bits per heavy atom. The van der Waals surface area contributed by atoms with Crippen molar-refractivity contribution >= 4 is 11.5 Å². The fourth-order valence-corrected chi connectivity index (χ4v) is 3.33. The lowest BCUT2D eigenvalue weighted by atomic mass is 10.0. The van der Waals surface area contributed by atoms with E-state index in [4.69, 9.17) is 10.5 Å². The van der Waals surface area contributed by atoms with Crippen LogP contribution in [-0.2, 0) is 6.18 Å². The van der Waals surface area contributed by atoms with E-state index in [-0.39, 0.29) is 24.0 Å². The van der Waals surface area contributed by atoms with Crippen molar-refractivity contribution in [3.05, 3.63) is 35.9 Å². The lowest BCUT2D eigenvalue weighted by Crippen LogP contribution is -2.33. The number of aromatic nitrogens is 4. The number of nitrogen functional groups attached to an aromatic ring is 1. The van der Waals surface area contributed by atoms with Gasteiger partial charge in [0.05, 0.1) is 12.8 Å². The molecule has 3 aromatic heterocycles. The molecule has 1 saturated heterocycles. The quantitative estimate of drug-likeness (QED) is 0.643. The van der Waals surface area contributed by atoms with E-state index < -0.39 is 29.3 Å². The predicted octanol–water partition coefficient (Wildman–Crippen LogP) is 2.91. The highest BCUT2D eigenvalue weighted by molar-refractivity contribution is 5.61. The minimum absolute atomic E-state index is 0.0632. The monoisotopic (exact) mass is 410 g/mol. The molecule has 154 valence electrons. The Hall–Kier alpha value is -2.95. The van der Waals surface area contributed by atoms with Crippen molar-refractivity contribution in [2.75, 3.05) is 25.4 Å². The molecular weight excluding hydrogens is 392 g/mol. The third-order valence-corrected chi connectivity index (χ3v) is 4.74. The molecule has 0 unspecified atom stereocenters. The summed E-state index contributed by atoms with van der Waals surface area (Å²) in [6.07, 6.45) is -0.540. The highest BCUT2D eigenvalue weighted by Crippen LogP contribution is 2.39. The standard InChI is InChI=1S/C18H18F4N6O/c19-11-3-4-13-25-7-12(28(13)8-11)16-26-15(23)14(18(20,21)22)17(27-16)29-9-10-2-1-5-24-6-10/h3-4,7-8,10,24H,1-2,5-6,9H2,(H2,23,26,27)/t10-/m1/s1. The first-order valence-electron chi connectivity index (χ1n) is 9.04. The van der Waals surface area contributed by atoms with Gasteiger partial charge in [0.15, 0.2) is 11.4 Å². The largest absolute Gasteiger partial charge is 0.477 e. The first kappa shape index (κ1) is 19.4. The van der Waals surface area contributed by atoms with Crippen molar-refractivity contribution in [3.8, 4) is 17.4 Å². The topological polar surface area (TPSA) is 90.4 Å². The van der Waals surface area contributed by atoms with Gasteiger partial charge < -0.3 is 15.8 Å². The molecule has 1 fully saturated rings. The molecule has 1 atom stereocenters. The van der Waals surface area contributed by atoms with Crippen molar-refractivity contribution in [1.82, 2.24) is 24.7 Å². The number of hydrogen-bond acceptors (Lipinski definition) is 6. The lowest BCUT2D eigenvalue weighted by molar-refractivity contribution is -0.138. The van der Waals surface area contributed by atoms with E-state index in [1.807, 2.05) is 0 Å². The second-order valence-corrected chi connectivity index (χ2v) is 6.85. The molecule has 3 aromatic rings. The zero-order valence-electron chi connectivity index (χ0n) is 15.2. The van der Waals surface area contributed by atoms with E-state index in [9.17, 15) is 17.6 Å². The number of fused-ring (bicyclic) bond motifs is 1. The van der Waals surface area contributed by atoms with E-state index in [0.717, 1.165) is 25.6 Å². The number of anilines is 1. The highest BCUT2D eigenvalue weighted by Gasteiger charge is 2.40. The van der Waals surface area contributed by atoms with Crippen LogP contribution in [0.15, 0.2) is 24.5 Å². The van der Waals surface area contributed by atoms with Gasteiger partial charge in [-0.15, -0.1) is 0 Å². The highest BCUT2D eigenvalue weighted by atomic mass is 19.4. The average Bonchev–Trinajstić information content (AvgIpc) is 3.08. The van der Waals surface area contributed by atoms with Crippen molar-refractivity contribution in [1.29, 1.82) is 0 Å². The van der Waals surface area contributed by atoms with Crippen LogP contribution < -0.4 is 15.8 Å². The Morgan fingerprint density at radius 3 is 2.83 bits per heavy atom. The van der Waals surface area contributed by atoms with Gasteiger partial charge in [-0.1, -0.05) is 0 Å². The molecule has 1 aliphatic heterocycles. The summed E-state index contributed by atoms with van der Waals surface area (Å²) in [5.41, 5.74) is 5.00. The number of pyridine rings is 1. The van der Waals surface area contributed by atoms with Crippen LogP contribution in [0.25, 0.3) is 17.2 Å². The average molecular weight is 410 g/mol. The number of nitrogens with two attached hydrogens (primary N) is 1. The molecule has 29 heavy (non-hydrogen) atoms. The van der Waals surface area contributed by atoms with Crippen LogP contribution in [0.2, 0.25) is 0 Å². The molecule has 0 saturated carbocycles. The van der Waals surface area contributed by atoms with Gasteiger partial charge >= 0.3 is 6.18 Å². The SMILES string of the molecule is Nc1nc(-c2cnc3ccc(F)cn23)nc(OC[C@@H]2CCCNC2)c1C(F)(F)F. The number of ether oxygens (including phenoxy) is 1. The molecule has 1 aliphatic rings. The second-order valence-electron chi connectivity index (χ2n) is 6.85. The number of nitrogens with one attached hydrogen (secondary N) is 1. The fraction of sp³-hybridized carbons (Fsp3) is 0.389. The van der Waals surface area contributed by atoms with Gasteiger partial charge in [0.25, 0.3) is 0 Å². The summed E-state index contributed by atoms with van der Waals surface area (Å²) >= 11 is 0. The Labute approximate surface area is 162 Å². The minimum atomic E-state index is -4.78. The first-order chi connectivity index (χ1) is 13.8. The summed E-state index contributed by atoms with van der Waals surface area (Å²) in [5, 5.41) is 3.18. The van der Waals surface area contributed by atoms with Crippen LogP contribution in [-0.4, -0.2) is 39.0 Å². The molecule has 4 heterocycles. The van der Waals surface area contributed by atoms with Gasteiger partial charge in [0.2, 0.25) is 5.88 Å². The smallest absolute Gasteiger partial charge is 0.425 e. The number of halogens is 4. The molecule has 4 rings (SSSR count). The van der Waals surface area contributed by atoms with Crippen molar-refractivity contribution in [2.45, 2.75) is 19.0 Å². The van der Waals surface area contributed by atoms with Gasteiger partial charge in [0, 0.05) is 18.7 Å². The van der Waals surface area contributed by atoms with Crippen LogP contribution >= 0.6 is 0 Å². The summed E-state index contributed by atoms with van der Waals surface area (Å²) in [4.78, 5) is 11.8. The van der Waals surface area contributed by atoms with E-state index in [1.165, 1.54) is 22.7 Å². The Balaban J connectivity index is 1.75. The van der Waals surface area contributed by atoms with Gasteiger partial charge in [-0.2, -0.15) is 18.2 Å². The summed E-state index contributed by atoms with van der Waals surface area (Å²) in [6, 6.07) is 2.65. The van der Waals surface area contributed by atoms with Crippen molar-refractivity contribution in [2.24, 2.45) is 5.92 Å². The third kappa shape index (κ3) is 3.95. The van der Waals surface area contributed by atoms with Gasteiger partial charge in [-0.05, 0) is 31.5 Å². The number of nitrogens with zero attached hydrogens (tertiary/aromatic N) is 4. The first-order valence-corrected chi connectivity index (χ1v) is 9.04. The molecule has 7 nitrogen and oxygen atoms in total. The van der Waals surface area contributed by atoms with Crippen LogP contribution in [0.3, 0.4) is 0 Å². The van der Waals surface area contributed by atoms with Crippen LogP contribution in [0, 0.1) is 11.7 Å². The van der Waals surface area contributed by atoms with Crippen molar-refractivity contribution in [3.63, 3.8) is 0 Å². The lowest BCUT2D eigenvalue weighted by Gasteiger charge is -2.23. The van der Waals surface area contributed by atoms with Gasteiger partial charge in [0.1, 0.15) is 23.0 Å². The zero-order chi connectivity index (χ0) is 20.6. The van der Waals surface area contributed by atoms with Crippen LogP contribution in [0.1, 0.15) is 18.4 Å². The molecule has 0 amide bonds. The summed E-state index contributed by atoms with van der Waals surface area (Å²) in [7, 11) is 0. The number of alkyl halides is 3. The number of rotatable bonds is 4. The summed E-state index contributed by atoms with van der Waals surface area (Å²) < 4.78 is 61.0. The fourth-order valence-electron chi connectivity index (χ4n) is 3.33. The number of piperidine rings is 1. The van der Waals surface area contributed by atoms with E-state index in [0.29, 0.717) is 12.2 Å². The molecule has 11 heteroatoms. The molecule has 0 spiro atoms. The molecule has 0 aliphatic carbocycles. The van der Waals surface area contributed by atoms with Crippen molar-refractivity contribution < 1.29 is 22.3 Å². The molecule has 0 bridgehead atoms. The van der Waals surface area contributed by atoms with E-state index >= 15 is 0 Å². The Kier molecular flexibility index (Phi) is 4.99. The molecule has 0 radical (unpaired) electrons. The maximum atomic E-state index is 13.6. The van der Waals surface area contributed by atoms with E-state index in [1.54, 1.807) is 0 Å². The summed E-state index contributed by atoms with van der Waals surface area (Å²) in [5.74, 6) is -2.01. The third-order valence-electron chi connectivity index (χ3n) is 4.74. The zero-order valence-corrected chi connectivity index (χ0v) is 15.2. The number of imidazole rings is 1. The molecule has 0 aromatic carbocycles. The van der Waals surface area contributed by atoms with Crippen LogP contribution in [0.5, 0.6) is 5.88 Å². The Morgan fingerprint density at radius 2 is 2.10 bits per heavy atom. The van der Waals surface area contributed by atoms with E-state index in [2.05, 4.69) is 20.3 Å². The van der Waals surface area contributed by atoms with Crippen LogP contribution in [0.4, 0.5) is 23.4 Å². The molecular formula is C18H18F4N6O. The summed E-state index contributed by atoms with van der Waals surface area (Å²) in [6.45, 7) is 1.59. The minimum Gasteiger partial charge on any atom is -0.477 e. The molecule has 3 N–H and O–H groups in total. The number of hydrogen-bond donors (Lipinski definition) is 2. The maximum absolute atomic E-state index is 13.6. The predicted molar refractivity (Wildman–Crippen MR) is 96.7 cm³/mol. The van der Waals surface area contributed by atoms with Gasteiger partial charge in [-0.25, -0.2) is 14.4 Å². The Bertz CT molecular complexity index is 1030. The maximum Gasteiger partial charge on any atom is 0.425 e.